The molecule has 3 rings (SSSR count). The second-order valence-electron chi connectivity index (χ2n) is 8.75. The number of hydrogen-bond acceptors (Lipinski definition) is 5. The molecular weight excluding hydrogens is 442 g/mol. The number of hydrazone groups is 1. The molecule has 2 amide bonds. The molecule has 1 N–H and O–H groups in total. The predicted octanol–water partition coefficient (Wildman–Crippen LogP) is 5.78. The van der Waals surface area contributed by atoms with Gasteiger partial charge in [0.25, 0.3) is 0 Å². The van der Waals surface area contributed by atoms with Crippen LogP contribution < -0.4 is 14.8 Å². The van der Waals surface area contributed by atoms with Gasteiger partial charge < -0.3 is 14.8 Å². The first-order valence-corrected chi connectivity index (χ1v) is 12.6. The van der Waals surface area contributed by atoms with Gasteiger partial charge in [0.2, 0.25) is 11.8 Å². The van der Waals surface area contributed by atoms with Gasteiger partial charge in [0.05, 0.1) is 26.0 Å². The maximum absolute atomic E-state index is 12.9. The molecule has 7 heteroatoms. The number of rotatable bonds is 12. The Morgan fingerprint density at radius 3 is 2.51 bits per heavy atom. The molecule has 0 bridgehead atoms. The van der Waals surface area contributed by atoms with Gasteiger partial charge in [0.1, 0.15) is 0 Å². The van der Waals surface area contributed by atoms with Crippen molar-refractivity contribution in [3.63, 3.8) is 0 Å². The molecular formula is C28H37N3O4. The van der Waals surface area contributed by atoms with Gasteiger partial charge in [-0.2, -0.15) is 5.10 Å². The monoisotopic (exact) mass is 479 g/mol. The first-order chi connectivity index (χ1) is 17.0. The summed E-state index contributed by atoms with van der Waals surface area (Å²) in [6.45, 7) is 7.03. The van der Waals surface area contributed by atoms with E-state index in [4.69, 9.17) is 14.6 Å². The third-order valence-corrected chi connectivity index (χ3v) is 6.15. The van der Waals surface area contributed by atoms with E-state index in [0.29, 0.717) is 37.5 Å². The van der Waals surface area contributed by atoms with E-state index in [0.717, 1.165) is 48.2 Å². The fourth-order valence-electron chi connectivity index (χ4n) is 4.16. The summed E-state index contributed by atoms with van der Waals surface area (Å²) in [5, 5.41) is 9.27. The number of nitrogens with one attached hydrogen (secondary N) is 1. The van der Waals surface area contributed by atoms with Gasteiger partial charge in [-0.25, -0.2) is 5.01 Å². The summed E-state index contributed by atoms with van der Waals surface area (Å²) in [6, 6.07) is 13.4. The molecule has 7 nitrogen and oxygen atoms in total. The second kappa shape index (κ2) is 12.9. The van der Waals surface area contributed by atoms with E-state index in [2.05, 4.69) is 19.2 Å². The molecule has 1 aliphatic heterocycles. The van der Waals surface area contributed by atoms with E-state index >= 15 is 0 Å². The number of methoxy groups -OCH3 is 1. The molecule has 0 aliphatic carbocycles. The third kappa shape index (κ3) is 7.07. The van der Waals surface area contributed by atoms with Crippen molar-refractivity contribution in [2.24, 2.45) is 11.0 Å². The molecule has 0 saturated heterocycles. The molecule has 0 saturated carbocycles. The van der Waals surface area contributed by atoms with Crippen LogP contribution in [-0.4, -0.2) is 36.3 Å². The maximum atomic E-state index is 12.9. The van der Waals surface area contributed by atoms with E-state index in [1.807, 2.05) is 49.4 Å². The minimum absolute atomic E-state index is 0.00690. The Kier molecular flexibility index (Phi) is 9.70. The zero-order valence-electron chi connectivity index (χ0n) is 21.3. The SMILES string of the molecule is CCCCCC(=O)Nc1ccc(CN2N=C(c3ccc(OC)c(OCC)c3)C(CC)CC2=O)cc1. The molecule has 1 unspecified atom stereocenters. The number of carbonyl (C=O) groups is 2. The summed E-state index contributed by atoms with van der Waals surface area (Å²) < 4.78 is 11.2. The number of hydrogen-bond donors (Lipinski definition) is 1. The standard InChI is InChI=1S/C28H37N3O4/c1-5-8-9-10-26(32)29-23-14-11-20(12-15-23)19-31-27(33)18-21(6-2)28(30-31)22-13-16-24(34-4)25(17-22)35-7-3/h11-17,21H,5-10,18-19H2,1-4H3,(H,29,32). The molecule has 188 valence electrons. The van der Waals surface area contributed by atoms with E-state index in [1.165, 1.54) is 0 Å². The lowest BCUT2D eigenvalue weighted by molar-refractivity contribution is -0.133. The summed E-state index contributed by atoms with van der Waals surface area (Å²) in [4.78, 5) is 24.9. The number of anilines is 1. The predicted molar refractivity (Wildman–Crippen MR) is 139 cm³/mol. The lowest BCUT2D eigenvalue weighted by Gasteiger charge is -2.29. The van der Waals surface area contributed by atoms with Crippen molar-refractivity contribution in [2.45, 2.75) is 65.8 Å². The smallest absolute Gasteiger partial charge is 0.243 e. The molecule has 2 aromatic rings. The fraction of sp³-hybridized carbons (Fsp3) is 0.464. The largest absolute Gasteiger partial charge is 0.493 e. The highest BCUT2D eigenvalue weighted by atomic mass is 16.5. The highest BCUT2D eigenvalue weighted by Gasteiger charge is 2.29. The zero-order valence-corrected chi connectivity index (χ0v) is 21.3. The van der Waals surface area contributed by atoms with Crippen LogP contribution in [0.1, 0.15) is 70.4 Å². The molecule has 1 aliphatic rings. The van der Waals surface area contributed by atoms with Crippen molar-refractivity contribution >= 4 is 23.2 Å². The van der Waals surface area contributed by atoms with Crippen molar-refractivity contribution in [2.75, 3.05) is 19.0 Å². The molecule has 2 aromatic carbocycles. The highest BCUT2D eigenvalue weighted by molar-refractivity contribution is 6.06. The Morgan fingerprint density at radius 2 is 1.86 bits per heavy atom. The van der Waals surface area contributed by atoms with Gasteiger partial charge in [-0.1, -0.05) is 38.8 Å². The quantitative estimate of drug-likeness (QED) is 0.392. The Hall–Kier alpha value is -3.35. The lowest BCUT2D eigenvalue weighted by atomic mass is 9.89. The number of nitrogens with zero attached hydrogens (tertiary/aromatic N) is 2. The van der Waals surface area contributed by atoms with E-state index in [1.54, 1.807) is 12.1 Å². The summed E-state index contributed by atoms with van der Waals surface area (Å²) in [5.74, 6) is 1.42. The van der Waals surface area contributed by atoms with Crippen molar-refractivity contribution < 1.29 is 19.1 Å². The second-order valence-corrected chi connectivity index (χ2v) is 8.75. The van der Waals surface area contributed by atoms with Gasteiger partial charge in [-0.3, -0.25) is 9.59 Å². The van der Waals surface area contributed by atoms with Crippen LogP contribution in [0.5, 0.6) is 11.5 Å². The molecule has 35 heavy (non-hydrogen) atoms. The van der Waals surface area contributed by atoms with E-state index < -0.39 is 0 Å². The summed E-state index contributed by atoms with van der Waals surface area (Å²) in [6.07, 6.45) is 4.81. The number of unbranched alkanes of at least 4 members (excludes halogenated alkanes) is 2. The zero-order chi connectivity index (χ0) is 25.2. The maximum Gasteiger partial charge on any atom is 0.243 e. The summed E-state index contributed by atoms with van der Waals surface area (Å²) in [7, 11) is 1.62. The summed E-state index contributed by atoms with van der Waals surface area (Å²) in [5.41, 5.74) is 3.52. The third-order valence-electron chi connectivity index (χ3n) is 6.15. The normalized spacial score (nSPS) is 15.5. The highest BCUT2D eigenvalue weighted by Crippen LogP contribution is 2.32. The van der Waals surface area contributed by atoms with E-state index in [9.17, 15) is 9.59 Å². The van der Waals surface area contributed by atoms with Gasteiger partial charge >= 0.3 is 0 Å². The molecule has 1 heterocycles. The molecule has 1 atom stereocenters. The Bertz CT molecular complexity index is 1030. The molecule has 0 radical (unpaired) electrons. The van der Waals surface area contributed by atoms with Crippen LogP contribution in [-0.2, 0) is 16.1 Å². The van der Waals surface area contributed by atoms with E-state index in [-0.39, 0.29) is 17.7 Å². The van der Waals surface area contributed by atoms with Gasteiger partial charge in [0, 0.05) is 30.0 Å². The average Bonchev–Trinajstić information content (AvgIpc) is 2.86. The lowest BCUT2D eigenvalue weighted by Crippen LogP contribution is -2.36. The molecule has 0 aromatic heterocycles. The van der Waals surface area contributed by atoms with Crippen molar-refractivity contribution in [3.8, 4) is 11.5 Å². The van der Waals surface area contributed by atoms with Crippen LogP contribution in [0.2, 0.25) is 0 Å². The van der Waals surface area contributed by atoms with Crippen LogP contribution in [0.3, 0.4) is 0 Å². The Morgan fingerprint density at radius 1 is 1.09 bits per heavy atom. The number of amides is 2. The number of benzene rings is 2. The number of ether oxygens (including phenoxy) is 2. The summed E-state index contributed by atoms with van der Waals surface area (Å²) >= 11 is 0. The van der Waals surface area contributed by atoms with Gasteiger partial charge in [-0.15, -0.1) is 0 Å². The molecule has 0 spiro atoms. The van der Waals surface area contributed by atoms with Gasteiger partial charge in [-0.05, 0) is 55.7 Å². The molecule has 0 fully saturated rings. The van der Waals surface area contributed by atoms with Crippen LogP contribution >= 0.6 is 0 Å². The van der Waals surface area contributed by atoms with Crippen LogP contribution in [0.4, 0.5) is 5.69 Å². The minimum atomic E-state index is 0.00690. The first kappa shape index (κ1) is 26.3. The van der Waals surface area contributed by atoms with Crippen LogP contribution in [0.25, 0.3) is 0 Å². The minimum Gasteiger partial charge on any atom is -0.493 e. The van der Waals surface area contributed by atoms with Crippen molar-refractivity contribution in [1.82, 2.24) is 5.01 Å². The average molecular weight is 480 g/mol. The number of carbonyl (C=O) groups excluding carboxylic acids is 2. The fourth-order valence-corrected chi connectivity index (χ4v) is 4.16. The van der Waals surface area contributed by atoms with Crippen LogP contribution in [0, 0.1) is 5.92 Å². The van der Waals surface area contributed by atoms with Crippen molar-refractivity contribution in [1.29, 1.82) is 0 Å². The van der Waals surface area contributed by atoms with Gasteiger partial charge in [0.15, 0.2) is 11.5 Å². The van der Waals surface area contributed by atoms with Crippen LogP contribution in [0.15, 0.2) is 47.6 Å². The topological polar surface area (TPSA) is 80.2 Å². The first-order valence-electron chi connectivity index (χ1n) is 12.6. The Labute approximate surface area is 208 Å². The van der Waals surface area contributed by atoms with Crippen molar-refractivity contribution in [3.05, 3.63) is 53.6 Å². The Balaban J connectivity index is 1.76.